The molecular formula is C14H18F3O2P. The van der Waals surface area contributed by atoms with Crippen LogP contribution in [0.4, 0.5) is 13.2 Å². The summed E-state index contributed by atoms with van der Waals surface area (Å²) in [5.41, 5.74) is 0.644. The third-order valence-electron chi connectivity index (χ3n) is 3.86. The topological polar surface area (TPSA) is 37.3 Å². The predicted molar refractivity (Wildman–Crippen MR) is 72.9 cm³/mol. The Labute approximate surface area is 116 Å². The van der Waals surface area contributed by atoms with E-state index in [-0.39, 0.29) is 16.8 Å². The molecule has 0 heterocycles. The number of hydrogen-bond donors (Lipinski definition) is 1. The van der Waals surface area contributed by atoms with Crippen molar-refractivity contribution in [3.63, 3.8) is 0 Å². The van der Waals surface area contributed by atoms with Gasteiger partial charge in [-0.05, 0) is 36.0 Å². The summed E-state index contributed by atoms with van der Waals surface area (Å²) in [5, 5.41) is -0.0320. The number of hydrogen-bond acceptors (Lipinski definition) is 1. The minimum absolute atomic E-state index is 0.0262. The molecule has 6 heteroatoms. The second-order valence-electron chi connectivity index (χ2n) is 5.31. The van der Waals surface area contributed by atoms with Gasteiger partial charge in [0.25, 0.3) is 0 Å². The van der Waals surface area contributed by atoms with Gasteiger partial charge < -0.3 is 4.89 Å². The Morgan fingerprint density at radius 1 is 1.20 bits per heavy atom. The molecule has 0 aliphatic heterocycles. The predicted octanol–water partition coefficient (Wildman–Crippen LogP) is 3.93. The Kier molecular flexibility index (Phi) is 4.92. The van der Waals surface area contributed by atoms with Crippen LogP contribution in [0.5, 0.6) is 0 Å². The monoisotopic (exact) mass is 306 g/mol. The maximum Gasteiger partial charge on any atom is 0.393 e. The summed E-state index contributed by atoms with van der Waals surface area (Å²) >= 11 is 0. The van der Waals surface area contributed by atoms with Crippen LogP contribution in [-0.4, -0.2) is 11.1 Å². The number of halogens is 3. The Morgan fingerprint density at radius 2 is 1.85 bits per heavy atom. The van der Waals surface area contributed by atoms with Crippen molar-refractivity contribution in [2.45, 2.75) is 50.6 Å². The fourth-order valence-corrected chi connectivity index (χ4v) is 3.73. The van der Waals surface area contributed by atoms with Crippen molar-refractivity contribution in [3.05, 3.63) is 29.3 Å². The standard InChI is InChI=1S/C14H18F3O2P/c15-14(16,17)9-12-11(10-5-2-1-3-6-10)7-4-8-13(12)20(18)19/h4,7-8,10,20H,1-3,5-6,9H2,(H,18,19). The molecule has 1 N–H and O–H groups in total. The van der Waals surface area contributed by atoms with Crippen LogP contribution in [0.1, 0.15) is 49.1 Å². The maximum absolute atomic E-state index is 12.8. The van der Waals surface area contributed by atoms with E-state index in [1.807, 2.05) is 0 Å². The summed E-state index contributed by atoms with van der Waals surface area (Å²) in [7, 11) is -3.12. The number of rotatable bonds is 3. The molecule has 1 aromatic carbocycles. The number of alkyl halides is 3. The summed E-state index contributed by atoms with van der Waals surface area (Å²) in [6.45, 7) is 0. The quantitative estimate of drug-likeness (QED) is 0.859. The Bertz CT molecular complexity index is 494. The molecule has 1 fully saturated rings. The molecule has 1 atom stereocenters. The highest BCUT2D eigenvalue weighted by atomic mass is 31.1. The maximum atomic E-state index is 12.8. The zero-order valence-corrected chi connectivity index (χ0v) is 12.0. The fraction of sp³-hybridized carbons (Fsp3) is 0.571. The highest BCUT2D eigenvalue weighted by molar-refractivity contribution is 7.47. The van der Waals surface area contributed by atoms with Gasteiger partial charge in [-0.2, -0.15) is 13.2 Å². The lowest BCUT2D eigenvalue weighted by Crippen LogP contribution is -2.21. The van der Waals surface area contributed by atoms with E-state index in [0.717, 1.165) is 32.1 Å². The van der Waals surface area contributed by atoms with Crippen LogP contribution in [0.3, 0.4) is 0 Å². The Hall–Kier alpha value is -0.800. The molecule has 0 amide bonds. The van der Waals surface area contributed by atoms with E-state index in [0.29, 0.717) is 5.56 Å². The second kappa shape index (κ2) is 6.31. The van der Waals surface area contributed by atoms with Crippen molar-refractivity contribution >= 4 is 13.3 Å². The van der Waals surface area contributed by atoms with Crippen molar-refractivity contribution in [2.75, 3.05) is 0 Å². The summed E-state index contributed by atoms with van der Waals surface area (Å²) in [4.78, 5) is 9.30. The zero-order chi connectivity index (χ0) is 14.8. The molecule has 20 heavy (non-hydrogen) atoms. The summed E-state index contributed by atoms with van der Waals surface area (Å²) in [5.74, 6) is 0.0856. The van der Waals surface area contributed by atoms with Crippen LogP contribution in [0.25, 0.3) is 0 Å². The smallest absolute Gasteiger partial charge is 0.343 e. The minimum atomic E-state index is -4.36. The largest absolute Gasteiger partial charge is 0.393 e. The van der Waals surface area contributed by atoms with E-state index < -0.39 is 20.6 Å². The SMILES string of the molecule is O=[PH](O)c1cccc(C2CCCCC2)c1CC(F)(F)F. The van der Waals surface area contributed by atoms with Crippen molar-refractivity contribution in [2.24, 2.45) is 0 Å². The van der Waals surface area contributed by atoms with Crippen LogP contribution in [0, 0.1) is 0 Å². The minimum Gasteiger partial charge on any atom is -0.343 e. The lowest BCUT2D eigenvalue weighted by Gasteiger charge is -2.26. The first kappa shape index (κ1) is 15.6. The van der Waals surface area contributed by atoms with Crippen LogP contribution < -0.4 is 5.30 Å². The van der Waals surface area contributed by atoms with Crippen LogP contribution in [0.2, 0.25) is 0 Å². The molecule has 1 aromatic rings. The third kappa shape index (κ3) is 3.86. The molecule has 1 aliphatic carbocycles. The zero-order valence-electron chi connectivity index (χ0n) is 11.0. The van der Waals surface area contributed by atoms with Gasteiger partial charge >= 0.3 is 6.18 Å². The first-order valence-electron chi connectivity index (χ1n) is 6.80. The Balaban J connectivity index is 2.43. The first-order valence-corrected chi connectivity index (χ1v) is 8.16. The molecule has 1 saturated carbocycles. The van der Waals surface area contributed by atoms with Gasteiger partial charge in [0.2, 0.25) is 8.03 Å². The fourth-order valence-electron chi connectivity index (χ4n) is 3.00. The van der Waals surface area contributed by atoms with Gasteiger partial charge in [-0.25, -0.2) is 0 Å². The van der Waals surface area contributed by atoms with E-state index in [2.05, 4.69) is 0 Å². The van der Waals surface area contributed by atoms with Gasteiger partial charge in [0.05, 0.1) is 6.42 Å². The molecule has 2 nitrogen and oxygen atoms in total. The lowest BCUT2D eigenvalue weighted by molar-refractivity contribution is -0.127. The molecule has 112 valence electrons. The molecular weight excluding hydrogens is 288 g/mol. The highest BCUT2D eigenvalue weighted by Gasteiger charge is 2.32. The van der Waals surface area contributed by atoms with Crippen LogP contribution in [0.15, 0.2) is 18.2 Å². The molecule has 0 saturated heterocycles. The van der Waals surface area contributed by atoms with E-state index in [9.17, 15) is 22.6 Å². The van der Waals surface area contributed by atoms with Crippen molar-refractivity contribution in [1.82, 2.24) is 0 Å². The molecule has 0 aromatic heterocycles. The van der Waals surface area contributed by atoms with E-state index in [1.54, 1.807) is 12.1 Å². The van der Waals surface area contributed by atoms with Crippen molar-refractivity contribution in [3.8, 4) is 0 Å². The number of benzene rings is 1. The van der Waals surface area contributed by atoms with E-state index >= 15 is 0 Å². The molecule has 2 rings (SSSR count). The van der Waals surface area contributed by atoms with Crippen molar-refractivity contribution in [1.29, 1.82) is 0 Å². The molecule has 1 aliphatic rings. The lowest BCUT2D eigenvalue weighted by atomic mass is 9.81. The van der Waals surface area contributed by atoms with E-state index in [4.69, 9.17) is 0 Å². The summed E-state index contributed by atoms with van der Waals surface area (Å²) < 4.78 is 49.6. The van der Waals surface area contributed by atoms with Crippen LogP contribution >= 0.6 is 8.03 Å². The highest BCUT2D eigenvalue weighted by Crippen LogP contribution is 2.37. The third-order valence-corrected chi connectivity index (χ3v) is 4.79. The summed E-state index contributed by atoms with van der Waals surface area (Å²) in [6.07, 6.45) is -0.630. The van der Waals surface area contributed by atoms with Gasteiger partial charge in [0.1, 0.15) is 0 Å². The Morgan fingerprint density at radius 3 is 2.40 bits per heavy atom. The normalized spacial score (nSPS) is 19.0. The molecule has 1 unspecified atom stereocenters. The van der Waals surface area contributed by atoms with Gasteiger partial charge in [0, 0.05) is 5.30 Å². The van der Waals surface area contributed by atoms with E-state index in [1.165, 1.54) is 6.07 Å². The van der Waals surface area contributed by atoms with Crippen LogP contribution in [-0.2, 0) is 11.0 Å². The van der Waals surface area contributed by atoms with Gasteiger partial charge in [0.15, 0.2) is 0 Å². The van der Waals surface area contributed by atoms with Crippen molar-refractivity contribution < 1.29 is 22.6 Å². The second-order valence-corrected chi connectivity index (χ2v) is 6.45. The molecule has 0 bridgehead atoms. The average molecular weight is 306 g/mol. The first-order chi connectivity index (χ1) is 9.38. The average Bonchev–Trinajstić information content (AvgIpc) is 2.38. The molecule has 0 spiro atoms. The molecule has 0 radical (unpaired) electrons. The summed E-state index contributed by atoms with van der Waals surface area (Å²) in [6, 6.07) is 4.62. The van der Waals surface area contributed by atoms with Gasteiger partial charge in [-0.15, -0.1) is 0 Å². The van der Waals surface area contributed by atoms with Gasteiger partial charge in [-0.1, -0.05) is 31.4 Å². The van der Waals surface area contributed by atoms with Gasteiger partial charge in [-0.3, -0.25) is 4.57 Å².